The van der Waals surface area contributed by atoms with Gasteiger partial charge >= 0.3 is 0 Å². The normalized spacial score (nSPS) is 12.2. The molecule has 0 fully saturated rings. The van der Waals surface area contributed by atoms with Crippen LogP contribution in [0.4, 0.5) is 0 Å². The van der Waals surface area contributed by atoms with E-state index in [2.05, 4.69) is 20.8 Å². The first-order chi connectivity index (χ1) is 8.12. The van der Waals surface area contributed by atoms with Crippen LogP contribution in [0.25, 0.3) is 0 Å². The van der Waals surface area contributed by atoms with Crippen LogP contribution < -0.4 is 0 Å². The molecule has 0 aliphatic rings. The number of hydrogen-bond acceptors (Lipinski definition) is 1. The van der Waals surface area contributed by atoms with Crippen molar-refractivity contribution in [1.29, 1.82) is 0 Å². The molecule has 104 valence electrons. The molecule has 0 amide bonds. The van der Waals surface area contributed by atoms with Crippen LogP contribution in [0.5, 0.6) is 0 Å². The summed E-state index contributed by atoms with van der Waals surface area (Å²) in [6, 6.07) is 0. The van der Waals surface area contributed by atoms with Crippen molar-refractivity contribution in [3.63, 3.8) is 0 Å². The zero-order chi connectivity index (χ0) is 13.0. The van der Waals surface area contributed by atoms with E-state index in [1.54, 1.807) is 0 Å². The van der Waals surface area contributed by atoms with E-state index in [1.807, 2.05) is 0 Å². The average Bonchev–Trinajstić information content (AvgIpc) is 2.31. The Balaban J connectivity index is 3.09. The third kappa shape index (κ3) is 12.4. The largest absolute Gasteiger partial charge is 0.423 e. The molecule has 0 saturated carbocycles. The van der Waals surface area contributed by atoms with E-state index in [0.717, 1.165) is 10.5 Å². The Hall–Kier alpha value is 0.177. The van der Waals surface area contributed by atoms with Gasteiger partial charge in [0.05, 0.1) is 0 Å². The smallest absolute Gasteiger partial charge is 0.146 e. The molecule has 0 heterocycles. The molecule has 0 rings (SSSR count). The van der Waals surface area contributed by atoms with Gasteiger partial charge in [0.1, 0.15) is 10.5 Å². The minimum atomic E-state index is 0.145. The van der Waals surface area contributed by atoms with Crippen LogP contribution in [-0.2, 0) is 4.43 Å². The molecule has 0 aromatic heterocycles. The lowest BCUT2D eigenvalue weighted by Gasteiger charge is -2.23. The van der Waals surface area contributed by atoms with E-state index < -0.39 is 0 Å². The van der Waals surface area contributed by atoms with Crippen LogP contribution in [0, 0.1) is 0 Å². The Morgan fingerprint density at radius 1 is 0.765 bits per heavy atom. The highest BCUT2D eigenvalue weighted by atomic mass is 28.2. The summed E-state index contributed by atoms with van der Waals surface area (Å²) >= 11 is 0. The first-order valence-electron chi connectivity index (χ1n) is 7.67. The standard InChI is InChI=1S/C15H34OSi/c1-4-5-6-7-8-9-10-11-12-13-14-15(2,3)16-17/h4-14H2,1-3,17H3. The monoisotopic (exact) mass is 258 g/mol. The third-order valence-electron chi connectivity index (χ3n) is 3.68. The van der Waals surface area contributed by atoms with Gasteiger partial charge in [-0.1, -0.05) is 71.1 Å². The van der Waals surface area contributed by atoms with Gasteiger partial charge in [-0.15, -0.1) is 0 Å². The Morgan fingerprint density at radius 3 is 1.59 bits per heavy atom. The summed E-state index contributed by atoms with van der Waals surface area (Å²) in [5, 5.41) is 0. The van der Waals surface area contributed by atoms with Crippen molar-refractivity contribution in [3.8, 4) is 0 Å². The molecular weight excluding hydrogens is 224 g/mol. The van der Waals surface area contributed by atoms with Crippen LogP contribution in [0.15, 0.2) is 0 Å². The van der Waals surface area contributed by atoms with Crippen molar-refractivity contribution >= 4 is 10.5 Å². The molecule has 0 bridgehead atoms. The second kappa shape index (κ2) is 11.3. The third-order valence-corrected chi connectivity index (χ3v) is 4.79. The van der Waals surface area contributed by atoms with Crippen molar-refractivity contribution < 1.29 is 4.43 Å². The maximum absolute atomic E-state index is 5.56. The predicted molar refractivity (Wildman–Crippen MR) is 81.6 cm³/mol. The Bertz CT molecular complexity index is 157. The Morgan fingerprint density at radius 2 is 1.18 bits per heavy atom. The van der Waals surface area contributed by atoms with Gasteiger partial charge in [0.15, 0.2) is 0 Å². The highest BCUT2D eigenvalue weighted by molar-refractivity contribution is 5.98. The Labute approximate surface area is 112 Å². The lowest BCUT2D eigenvalue weighted by Crippen LogP contribution is -2.22. The summed E-state index contributed by atoms with van der Waals surface area (Å²) in [5.41, 5.74) is 0.145. The van der Waals surface area contributed by atoms with E-state index in [0.29, 0.717) is 0 Å². The fourth-order valence-electron chi connectivity index (χ4n) is 2.14. The quantitative estimate of drug-likeness (QED) is 0.373. The van der Waals surface area contributed by atoms with Gasteiger partial charge in [-0.25, -0.2) is 0 Å². The van der Waals surface area contributed by atoms with Crippen molar-refractivity contribution in [2.45, 2.75) is 97.0 Å². The van der Waals surface area contributed by atoms with Crippen LogP contribution in [0.3, 0.4) is 0 Å². The number of unbranched alkanes of at least 4 members (excludes halogenated alkanes) is 9. The lowest BCUT2D eigenvalue weighted by atomic mass is 9.99. The molecule has 0 aliphatic heterocycles. The summed E-state index contributed by atoms with van der Waals surface area (Å²) < 4.78 is 5.56. The first-order valence-corrected chi connectivity index (χ1v) is 8.49. The molecule has 2 heteroatoms. The number of hydrogen-bond donors (Lipinski definition) is 0. The molecule has 0 unspecified atom stereocenters. The molecule has 0 atom stereocenters. The maximum Gasteiger partial charge on any atom is 0.146 e. The molecule has 0 spiro atoms. The molecule has 0 aliphatic carbocycles. The van der Waals surface area contributed by atoms with Crippen molar-refractivity contribution in [1.82, 2.24) is 0 Å². The van der Waals surface area contributed by atoms with Crippen molar-refractivity contribution in [2.24, 2.45) is 0 Å². The van der Waals surface area contributed by atoms with Crippen molar-refractivity contribution in [2.75, 3.05) is 0 Å². The second-order valence-electron chi connectivity index (χ2n) is 5.90. The Kier molecular flexibility index (Phi) is 11.4. The molecule has 0 radical (unpaired) electrons. The first kappa shape index (κ1) is 17.2. The minimum absolute atomic E-state index is 0.145. The molecule has 0 N–H and O–H groups in total. The highest BCUT2D eigenvalue weighted by Gasteiger charge is 2.13. The summed E-state index contributed by atoms with van der Waals surface area (Å²) in [4.78, 5) is 0. The van der Waals surface area contributed by atoms with E-state index >= 15 is 0 Å². The van der Waals surface area contributed by atoms with Crippen LogP contribution >= 0.6 is 0 Å². The number of rotatable bonds is 12. The van der Waals surface area contributed by atoms with Crippen LogP contribution in [0.2, 0.25) is 0 Å². The van der Waals surface area contributed by atoms with Gasteiger partial charge in [0, 0.05) is 5.60 Å². The molecule has 0 aromatic carbocycles. The second-order valence-corrected chi connectivity index (χ2v) is 6.30. The molecule has 17 heavy (non-hydrogen) atoms. The minimum Gasteiger partial charge on any atom is -0.423 e. The van der Waals surface area contributed by atoms with E-state index in [9.17, 15) is 0 Å². The van der Waals surface area contributed by atoms with Gasteiger partial charge in [-0.2, -0.15) is 0 Å². The van der Waals surface area contributed by atoms with Gasteiger partial charge in [-0.3, -0.25) is 0 Å². The van der Waals surface area contributed by atoms with Crippen LogP contribution in [-0.4, -0.2) is 16.1 Å². The zero-order valence-electron chi connectivity index (χ0n) is 12.7. The highest BCUT2D eigenvalue weighted by Crippen LogP contribution is 2.18. The maximum atomic E-state index is 5.56. The molecule has 0 saturated heterocycles. The van der Waals surface area contributed by atoms with Crippen molar-refractivity contribution in [3.05, 3.63) is 0 Å². The predicted octanol–water partition coefficient (Wildman–Crippen LogP) is 4.37. The SMILES string of the molecule is CCCCCCCCCCCCC(C)(C)O[SiH3]. The van der Waals surface area contributed by atoms with E-state index in [4.69, 9.17) is 4.43 Å². The average molecular weight is 259 g/mol. The summed E-state index contributed by atoms with van der Waals surface area (Å²) in [6.07, 6.45) is 15.4. The zero-order valence-corrected chi connectivity index (χ0v) is 14.7. The van der Waals surface area contributed by atoms with Gasteiger partial charge in [-0.05, 0) is 20.3 Å². The fraction of sp³-hybridized carbons (Fsp3) is 1.00. The fourth-order valence-corrected chi connectivity index (χ4v) is 2.34. The summed E-state index contributed by atoms with van der Waals surface area (Å²) in [7, 11) is 0.868. The van der Waals surface area contributed by atoms with Gasteiger partial charge in [0.25, 0.3) is 0 Å². The van der Waals surface area contributed by atoms with E-state index in [-0.39, 0.29) is 5.60 Å². The molecular formula is C15H34OSi. The van der Waals surface area contributed by atoms with Crippen LogP contribution in [0.1, 0.15) is 91.4 Å². The van der Waals surface area contributed by atoms with Gasteiger partial charge in [0.2, 0.25) is 0 Å². The summed E-state index contributed by atoms with van der Waals surface area (Å²) in [5.74, 6) is 0. The van der Waals surface area contributed by atoms with Gasteiger partial charge < -0.3 is 4.43 Å². The summed E-state index contributed by atoms with van der Waals surface area (Å²) in [6.45, 7) is 6.71. The molecule has 1 nitrogen and oxygen atoms in total. The topological polar surface area (TPSA) is 9.23 Å². The molecule has 0 aromatic rings. The lowest BCUT2D eigenvalue weighted by molar-refractivity contribution is 0.109. The van der Waals surface area contributed by atoms with E-state index in [1.165, 1.54) is 70.6 Å².